The summed E-state index contributed by atoms with van der Waals surface area (Å²) in [4.78, 5) is 42.0. The van der Waals surface area contributed by atoms with Gasteiger partial charge in [-0.3, -0.25) is 14.5 Å². The highest BCUT2D eigenvalue weighted by molar-refractivity contribution is 7.18. The van der Waals surface area contributed by atoms with Gasteiger partial charge in [-0.25, -0.2) is 4.79 Å². The summed E-state index contributed by atoms with van der Waals surface area (Å²) in [5.74, 6) is -1.10. The average Bonchev–Trinajstić information content (AvgIpc) is 3.43. The number of hydrogen-bond acceptors (Lipinski definition) is 7. The van der Waals surface area contributed by atoms with Gasteiger partial charge in [-0.2, -0.15) is 0 Å². The number of nitrogens with one attached hydrogen (secondary N) is 2. The fourth-order valence-electron chi connectivity index (χ4n) is 4.30. The SMILES string of the molecule is CCOC(=O)c1c(NC(=O)CN2CCc3sccc3C2c2ccccc2)sc(C(=O)NC)c1C. The standard InChI is InChI=1S/C25H27N3O4S2/c1-4-32-25(31)20-15(2)22(23(30)26-3)34-24(20)27-19(29)14-28-12-10-18-17(11-13-33-18)21(28)16-8-6-5-7-9-16/h5-9,11,13,21H,4,10,12,14H2,1-3H3,(H,26,30)(H,27,29). The molecule has 0 fully saturated rings. The predicted octanol–water partition coefficient (Wildman–Crippen LogP) is 4.24. The number of nitrogens with zero attached hydrogens (tertiary/aromatic N) is 1. The van der Waals surface area contributed by atoms with Gasteiger partial charge in [0, 0.05) is 18.5 Å². The summed E-state index contributed by atoms with van der Waals surface area (Å²) in [6.07, 6.45) is 0.886. The van der Waals surface area contributed by atoms with Crippen molar-refractivity contribution in [2.75, 3.05) is 32.1 Å². The third-order valence-corrected chi connectivity index (χ3v) is 8.04. The van der Waals surface area contributed by atoms with Crippen molar-refractivity contribution in [3.63, 3.8) is 0 Å². The molecule has 2 amide bonds. The number of amides is 2. The van der Waals surface area contributed by atoms with Gasteiger partial charge in [0.1, 0.15) is 5.00 Å². The molecule has 0 saturated carbocycles. The van der Waals surface area contributed by atoms with E-state index in [1.807, 2.05) is 18.2 Å². The molecule has 1 aliphatic heterocycles. The Labute approximate surface area is 206 Å². The first-order valence-corrected chi connectivity index (χ1v) is 12.8. The van der Waals surface area contributed by atoms with Crippen LogP contribution in [-0.4, -0.2) is 49.4 Å². The maximum Gasteiger partial charge on any atom is 0.341 e. The number of ether oxygens (including phenoxy) is 1. The number of rotatable bonds is 7. The van der Waals surface area contributed by atoms with Gasteiger partial charge >= 0.3 is 5.97 Å². The summed E-state index contributed by atoms with van der Waals surface area (Å²) in [7, 11) is 1.53. The van der Waals surface area contributed by atoms with Crippen molar-refractivity contribution in [3.05, 3.63) is 73.8 Å². The molecule has 0 spiro atoms. The van der Waals surface area contributed by atoms with Crippen molar-refractivity contribution in [1.82, 2.24) is 10.2 Å². The molecule has 7 nitrogen and oxygen atoms in total. The number of esters is 1. The lowest BCUT2D eigenvalue weighted by molar-refractivity contribution is -0.117. The first-order chi connectivity index (χ1) is 16.4. The van der Waals surface area contributed by atoms with Crippen molar-refractivity contribution < 1.29 is 19.1 Å². The fourth-order valence-corrected chi connectivity index (χ4v) is 6.36. The number of anilines is 1. The molecule has 1 aliphatic rings. The second-order valence-corrected chi connectivity index (χ2v) is 9.96. The second-order valence-electron chi connectivity index (χ2n) is 7.94. The minimum Gasteiger partial charge on any atom is -0.462 e. The summed E-state index contributed by atoms with van der Waals surface area (Å²) >= 11 is 2.84. The number of thiophene rings is 2. The molecule has 2 N–H and O–H groups in total. The van der Waals surface area contributed by atoms with Gasteiger partial charge in [-0.1, -0.05) is 30.3 Å². The molecule has 0 saturated heterocycles. The van der Waals surface area contributed by atoms with E-state index in [1.165, 1.54) is 17.5 Å². The van der Waals surface area contributed by atoms with Gasteiger partial charge in [-0.15, -0.1) is 22.7 Å². The molecule has 1 atom stereocenters. The molecule has 9 heteroatoms. The second kappa shape index (κ2) is 10.5. The van der Waals surface area contributed by atoms with Gasteiger partial charge in [0.25, 0.3) is 5.91 Å². The van der Waals surface area contributed by atoms with Crippen LogP contribution in [0, 0.1) is 6.92 Å². The van der Waals surface area contributed by atoms with Gasteiger partial charge in [0.05, 0.1) is 29.6 Å². The minimum absolute atomic E-state index is 0.0158. The van der Waals surface area contributed by atoms with Crippen LogP contribution < -0.4 is 10.6 Å². The summed E-state index contributed by atoms with van der Waals surface area (Å²) in [5, 5.41) is 7.91. The van der Waals surface area contributed by atoms with Gasteiger partial charge in [0.15, 0.2) is 0 Å². The van der Waals surface area contributed by atoms with Crippen LogP contribution in [0.3, 0.4) is 0 Å². The predicted molar refractivity (Wildman–Crippen MR) is 135 cm³/mol. The number of carbonyl (C=O) groups is 3. The molecule has 3 heterocycles. The zero-order valence-electron chi connectivity index (χ0n) is 19.3. The molecule has 4 rings (SSSR count). The number of fused-ring (bicyclic) bond motifs is 1. The van der Waals surface area contributed by atoms with Crippen LogP contribution in [-0.2, 0) is 16.0 Å². The first-order valence-electron chi connectivity index (χ1n) is 11.1. The largest absolute Gasteiger partial charge is 0.462 e. The highest BCUT2D eigenvalue weighted by atomic mass is 32.1. The Balaban J connectivity index is 1.60. The molecule has 178 valence electrons. The minimum atomic E-state index is -0.551. The molecule has 34 heavy (non-hydrogen) atoms. The van der Waals surface area contributed by atoms with Crippen LogP contribution in [0.2, 0.25) is 0 Å². The van der Waals surface area contributed by atoms with Crippen molar-refractivity contribution >= 4 is 45.5 Å². The monoisotopic (exact) mass is 497 g/mol. The number of hydrogen-bond donors (Lipinski definition) is 2. The quantitative estimate of drug-likeness (QED) is 0.477. The van der Waals surface area contributed by atoms with Crippen molar-refractivity contribution in [2.24, 2.45) is 0 Å². The molecule has 0 aliphatic carbocycles. The lowest BCUT2D eigenvalue weighted by Crippen LogP contribution is -2.40. The molecule has 0 radical (unpaired) electrons. The molecule has 2 aromatic heterocycles. The topological polar surface area (TPSA) is 87.7 Å². The van der Waals surface area contributed by atoms with E-state index in [2.05, 4.69) is 39.1 Å². The van der Waals surface area contributed by atoms with E-state index in [4.69, 9.17) is 4.74 Å². The maximum atomic E-state index is 13.2. The van der Waals surface area contributed by atoms with Crippen LogP contribution in [0.5, 0.6) is 0 Å². The highest BCUT2D eigenvalue weighted by Gasteiger charge is 2.32. The molecular weight excluding hydrogens is 470 g/mol. The van der Waals surface area contributed by atoms with E-state index in [9.17, 15) is 14.4 Å². The van der Waals surface area contributed by atoms with E-state index in [1.54, 1.807) is 25.2 Å². The highest BCUT2D eigenvalue weighted by Crippen LogP contribution is 2.38. The van der Waals surface area contributed by atoms with Crippen molar-refractivity contribution in [1.29, 1.82) is 0 Å². The van der Waals surface area contributed by atoms with Crippen LogP contribution in [0.25, 0.3) is 0 Å². The number of carbonyl (C=O) groups excluding carboxylic acids is 3. The molecule has 1 aromatic carbocycles. The van der Waals surface area contributed by atoms with Crippen LogP contribution in [0.15, 0.2) is 41.8 Å². The van der Waals surface area contributed by atoms with Gasteiger partial charge < -0.3 is 15.4 Å². The third-order valence-electron chi connectivity index (χ3n) is 5.84. The Kier molecular flexibility index (Phi) is 7.45. The molecule has 3 aromatic rings. The van der Waals surface area contributed by atoms with E-state index in [0.29, 0.717) is 15.4 Å². The smallest absolute Gasteiger partial charge is 0.341 e. The lowest BCUT2D eigenvalue weighted by Gasteiger charge is -2.35. The Hall–Kier alpha value is -3.01. The lowest BCUT2D eigenvalue weighted by atomic mass is 9.93. The number of benzene rings is 1. The van der Waals surface area contributed by atoms with Gasteiger partial charge in [0.2, 0.25) is 5.91 Å². The Bertz CT molecular complexity index is 1200. The average molecular weight is 498 g/mol. The Morgan fingerprint density at radius 3 is 2.65 bits per heavy atom. The fraction of sp³-hybridized carbons (Fsp3) is 0.320. The summed E-state index contributed by atoms with van der Waals surface area (Å²) in [6.45, 7) is 4.52. The zero-order chi connectivity index (χ0) is 24.2. The summed E-state index contributed by atoms with van der Waals surface area (Å²) < 4.78 is 5.19. The Morgan fingerprint density at radius 1 is 1.18 bits per heavy atom. The first kappa shape index (κ1) is 24.1. The molecule has 1 unspecified atom stereocenters. The van der Waals surface area contributed by atoms with Crippen molar-refractivity contribution in [3.8, 4) is 0 Å². The van der Waals surface area contributed by atoms with Crippen molar-refractivity contribution in [2.45, 2.75) is 26.3 Å². The summed E-state index contributed by atoms with van der Waals surface area (Å²) in [5.41, 5.74) is 3.10. The summed E-state index contributed by atoms with van der Waals surface area (Å²) in [6, 6.07) is 12.3. The van der Waals surface area contributed by atoms with Crippen LogP contribution in [0.4, 0.5) is 5.00 Å². The third kappa shape index (κ3) is 4.77. The van der Waals surface area contributed by atoms with E-state index < -0.39 is 5.97 Å². The van der Waals surface area contributed by atoms with Gasteiger partial charge in [-0.05, 0) is 48.4 Å². The molecular formula is C25H27N3O4S2. The van der Waals surface area contributed by atoms with E-state index in [0.717, 1.165) is 29.9 Å². The molecule has 0 bridgehead atoms. The Morgan fingerprint density at radius 2 is 1.94 bits per heavy atom. The zero-order valence-corrected chi connectivity index (χ0v) is 21.0. The maximum absolute atomic E-state index is 13.2. The van der Waals surface area contributed by atoms with Crippen LogP contribution in [0.1, 0.15) is 54.6 Å². The normalized spacial score (nSPS) is 15.4. The van der Waals surface area contributed by atoms with Crippen LogP contribution >= 0.6 is 22.7 Å². The van der Waals surface area contributed by atoms with E-state index in [-0.39, 0.29) is 36.6 Å². The van der Waals surface area contributed by atoms with E-state index >= 15 is 0 Å².